The Labute approximate surface area is 113 Å². The van der Waals surface area contributed by atoms with Gasteiger partial charge in [0.1, 0.15) is 0 Å². The predicted octanol–water partition coefficient (Wildman–Crippen LogP) is 5.70. The fraction of sp³-hybridized carbons (Fsp3) is 1.00. The van der Waals surface area contributed by atoms with Crippen LogP contribution in [0.5, 0.6) is 0 Å². The first kappa shape index (κ1) is 17.7. The van der Waals surface area contributed by atoms with E-state index in [1.807, 2.05) is 7.11 Å². The molecular weight excluding hydrogens is 251 g/mol. The minimum absolute atomic E-state index is 0.827. The standard InChI is InChI=1S/C14H32ClOP/c1-5-8-11-17(15,14-16-4,12-9-6-2)13-10-7-3/h5-14H2,1-4H3. The number of hydrogen-bond donors (Lipinski definition) is 0. The quantitative estimate of drug-likeness (QED) is 0.442. The molecule has 0 amide bonds. The summed E-state index contributed by atoms with van der Waals surface area (Å²) >= 11 is 7.24. The molecule has 3 heteroatoms. The molecule has 0 saturated carbocycles. The van der Waals surface area contributed by atoms with Gasteiger partial charge >= 0.3 is 113 Å². The van der Waals surface area contributed by atoms with Gasteiger partial charge < -0.3 is 0 Å². The van der Waals surface area contributed by atoms with E-state index in [2.05, 4.69) is 20.8 Å². The van der Waals surface area contributed by atoms with Gasteiger partial charge in [-0.15, -0.1) is 0 Å². The Hall–Kier alpha value is 0.680. The van der Waals surface area contributed by atoms with Crippen molar-refractivity contribution in [2.75, 3.05) is 31.9 Å². The molecule has 0 aliphatic rings. The number of unbranched alkanes of at least 4 members (excludes halogenated alkanes) is 3. The van der Waals surface area contributed by atoms with Crippen LogP contribution in [0.3, 0.4) is 0 Å². The van der Waals surface area contributed by atoms with Crippen LogP contribution < -0.4 is 0 Å². The van der Waals surface area contributed by atoms with Gasteiger partial charge in [-0.2, -0.15) is 0 Å². The maximum atomic E-state index is 7.24. The molecule has 0 aliphatic heterocycles. The second-order valence-electron chi connectivity index (χ2n) is 5.47. The molecule has 0 aromatic rings. The second-order valence-corrected chi connectivity index (χ2v) is 13.6. The molecule has 1 nitrogen and oxygen atoms in total. The summed E-state index contributed by atoms with van der Waals surface area (Å²) in [4.78, 5) is 0. The van der Waals surface area contributed by atoms with Crippen molar-refractivity contribution in [3.63, 3.8) is 0 Å². The Morgan fingerprint density at radius 2 is 1.18 bits per heavy atom. The predicted molar refractivity (Wildman–Crippen MR) is 84.0 cm³/mol. The van der Waals surface area contributed by atoms with E-state index in [-0.39, 0.29) is 0 Å². The first-order valence-corrected chi connectivity index (χ1v) is 11.1. The van der Waals surface area contributed by atoms with E-state index < -0.39 is 5.96 Å². The van der Waals surface area contributed by atoms with Gasteiger partial charge in [-0.3, -0.25) is 0 Å². The van der Waals surface area contributed by atoms with Crippen molar-refractivity contribution < 1.29 is 4.74 Å². The van der Waals surface area contributed by atoms with Gasteiger partial charge in [-0.25, -0.2) is 0 Å². The minimum atomic E-state index is -2.09. The van der Waals surface area contributed by atoms with Crippen LogP contribution in [0.15, 0.2) is 0 Å². The molecule has 0 aromatic carbocycles. The molecule has 0 unspecified atom stereocenters. The molecule has 0 aliphatic carbocycles. The summed E-state index contributed by atoms with van der Waals surface area (Å²) in [6.45, 7) is 6.76. The van der Waals surface area contributed by atoms with Gasteiger partial charge in [0.25, 0.3) is 0 Å². The molecule has 0 atom stereocenters. The first-order valence-electron chi connectivity index (χ1n) is 7.25. The number of hydrogen-bond acceptors (Lipinski definition) is 1. The van der Waals surface area contributed by atoms with Crippen LogP contribution in [0.25, 0.3) is 0 Å². The van der Waals surface area contributed by atoms with Crippen LogP contribution in [0, 0.1) is 0 Å². The summed E-state index contributed by atoms with van der Waals surface area (Å²) in [5.74, 6) is -2.09. The van der Waals surface area contributed by atoms with E-state index in [4.69, 9.17) is 16.0 Å². The van der Waals surface area contributed by atoms with Crippen molar-refractivity contribution in [2.24, 2.45) is 0 Å². The van der Waals surface area contributed by atoms with Crippen LogP contribution in [0.4, 0.5) is 0 Å². The average molecular weight is 283 g/mol. The van der Waals surface area contributed by atoms with E-state index in [1.54, 1.807) is 0 Å². The summed E-state index contributed by atoms with van der Waals surface area (Å²) in [6.07, 6.45) is 12.0. The molecule has 0 rings (SSSR count). The molecule has 106 valence electrons. The van der Waals surface area contributed by atoms with Crippen LogP contribution in [-0.4, -0.2) is 31.9 Å². The van der Waals surface area contributed by atoms with Crippen LogP contribution in [-0.2, 0) is 4.74 Å². The molecule has 0 radical (unpaired) electrons. The third kappa shape index (κ3) is 6.41. The Bertz CT molecular complexity index is 172. The zero-order valence-electron chi connectivity index (χ0n) is 12.3. The molecule has 0 spiro atoms. The number of methoxy groups -OCH3 is 1. The zero-order valence-corrected chi connectivity index (χ0v) is 14.0. The van der Waals surface area contributed by atoms with E-state index >= 15 is 0 Å². The number of halogens is 1. The van der Waals surface area contributed by atoms with Gasteiger partial charge in [0.2, 0.25) is 0 Å². The fourth-order valence-corrected chi connectivity index (χ4v) is 8.90. The van der Waals surface area contributed by atoms with Crippen LogP contribution in [0.1, 0.15) is 59.3 Å². The van der Waals surface area contributed by atoms with Gasteiger partial charge in [0.05, 0.1) is 0 Å². The topological polar surface area (TPSA) is 9.23 Å². The average Bonchev–Trinajstić information content (AvgIpc) is 2.33. The van der Waals surface area contributed by atoms with Gasteiger partial charge in [0.15, 0.2) is 0 Å². The Morgan fingerprint density at radius 1 is 0.824 bits per heavy atom. The van der Waals surface area contributed by atoms with Crippen molar-refractivity contribution >= 4 is 17.2 Å². The third-order valence-electron chi connectivity index (χ3n) is 3.66. The molecular formula is C14H32ClOP. The SMILES string of the molecule is CCCCP(Cl)(CCCC)(CCCC)COC. The summed E-state index contributed by atoms with van der Waals surface area (Å²) in [6, 6.07) is 0. The van der Waals surface area contributed by atoms with Crippen molar-refractivity contribution in [3.8, 4) is 0 Å². The fourth-order valence-electron chi connectivity index (χ4n) is 2.51. The Kier molecular flexibility index (Phi) is 9.07. The third-order valence-corrected chi connectivity index (χ3v) is 10.7. The maximum absolute atomic E-state index is 7.24. The zero-order chi connectivity index (χ0) is 13.2. The normalized spacial score (nSPS) is 14.5. The van der Waals surface area contributed by atoms with Gasteiger partial charge in [-0.1, -0.05) is 0 Å². The van der Waals surface area contributed by atoms with E-state index in [1.165, 1.54) is 57.0 Å². The molecule has 0 aromatic heterocycles. The first-order chi connectivity index (χ1) is 8.04. The van der Waals surface area contributed by atoms with Crippen molar-refractivity contribution in [2.45, 2.75) is 59.3 Å². The van der Waals surface area contributed by atoms with Gasteiger partial charge in [0, 0.05) is 0 Å². The van der Waals surface area contributed by atoms with Crippen molar-refractivity contribution in [1.82, 2.24) is 0 Å². The van der Waals surface area contributed by atoms with Crippen molar-refractivity contribution in [3.05, 3.63) is 0 Å². The Balaban J connectivity index is 4.76. The summed E-state index contributed by atoms with van der Waals surface area (Å²) < 4.78 is 5.53. The summed E-state index contributed by atoms with van der Waals surface area (Å²) in [5, 5.41) is 0. The van der Waals surface area contributed by atoms with Crippen LogP contribution >= 0.6 is 17.2 Å². The second kappa shape index (κ2) is 8.73. The molecule has 0 bridgehead atoms. The Morgan fingerprint density at radius 3 is 1.41 bits per heavy atom. The summed E-state index contributed by atoms with van der Waals surface area (Å²) in [5.41, 5.74) is 0. The van der Waals surface area contributed by atoms with Crippen LogP contribution in [0.2, 0.25) is 0 Å². The van der Waals surface area contributed by atoms with E-state index in [9.17, 15) is 0 Å². The molecule has 0 heterocycles. The monoisotopic (exact) mass is 282 g/mol. The van der Waals surface area contributed by atoms with E-state index in [0.29, 0.717) is 0 Å². The number of rotatable bonds is 11. The van der Waals surface area contributed by atoms with Gasteiger partial charge in [-0.05, 0) is 0 Å². The number of ether oxygens (including phenoxy) is 1. The molecule has 17 heavy (non-hydrogen) atoms. The van der Waals surface area contributed by atoms with E-state index in [0.717, 1.165) is 6.35 Å². The molecule has 0 saturated heterocycles. The van der Waals surface area contributed by atoms with Crippen molar-refractivity contribution in [1.29, 1.82) is 0 Å². The summed E-state index contributed by atoms with van der Waals surface area (Å²) in [7, 11) is 1.81. The molecule has 0 fully saturated rings. The molecule has 0 N–H and O–H groups in total.